The molecule has 0 aliphatic heterocycles. The van der Waals surface area contributed by atoms with Gasteiger partial charge in [0.1, 0.15) is 11.5 Å². The van der Waals surface area contributed by atoms with Crippen LogP contribution in [-0.4, -0.2) is 11.7 Å². The molecule has 2 N–H and O–H groups in total. The summed E-state index contributed by atoms with van der Waals surface area (Å²) in [5.74, 6) is 1.74. The molecule has 1 heterocycles. The topological polar surface area (TPSA) is 45.4 Å². The number of nitrogens with one attached hydrogen (secondary N) is 1. The van der Waals surface area contributed by atoms with Crippen LogP contribution < -0.4 is 5.32 Å². The van der Waals surface area contributed by atoms with Crippen LogP contribution in [0.2, 0.25) is 0 Å². The first-order valence-corrected chi connectivity index (χ1v) is 6.39. The largest absolute Gasteiger partial charge is 0.460 e. The van der Waals surface area contributed by atoms with Crippen molar-refractivity contribution in [3.05, 3.63) is 60.4 Å². The van der Waals surface area contributed by atoms with Gasteiger partial charge in [-0.3, -0.25) is 0 Å². The number of furan rings is 1. The molecular formula is C16H19NO2. The monoisotopic (exact) mass is 257 g/mol. The van der Waals surface area contributed by atoms with E-state index < -0.39 is 6.10 Å². The van der Waals surface area contributed by atoms with Crippen molar-refractivity contribution in [1.29, 1.82) is 0 Å². The molecule has 0 saturated heterocycles. The van der Waals surface area contributed by atoms with E-state index in [1.807, 2.05) is 42.5 Å². The number of benzene rings is 1. The molecule has 1 aromatic carbocycles. The van der Waals surface area contributed by atoms with Crippen molar-refractivity contribution in [3.63, 3.8) is 0 Å². The average Bonchev–Trinajstić information content (AvgIpc) is 2.88. The smallest absolute Gasteiger partial charge is 0.134 e. The summed E-state index contributed by atoms with van der Waals surface area (Å²) in [7, 11) is 0. The second-order valence-electron chi connectivity index (χ2n) is 4.48. The van der Waals surface area contributed by atoms with Crippen LogP contribution >= 0.6 is 0 Å². The van der Waals surface area contributed by atoms with Gasteiger partial charge in [-0.15, -0.1) is 6.58 Å². The quantitative estimate of drug-likeness (QED) is 0.616. The fraction of sp³-hybridized carbons (Fsp3) is 0.250. The van der Waals surface area contributed by atoms with Crippen LogP contribution in [0.1, 0.15) is 24.4 Å². The van der Waals surface area contributed by atoms with Gasteiger partial charge in [0.15, 0.2) is 0 Å². The van der Waals surface area contributed by atoms with Gasteiger partial charge < -0.3 is 14.8 Å². The minimum absolute atomic E-state index is 0.440. The molecule has 1 aromatic heterocycles. The van der Waals surface area contributed by atoms with Crippen LogP contribution in [0.15, 0.2) is 53.5 Å². The zero-order valence-corrected chi connectivity index (χ0v) is 11.1. The van der Waals surface area contributed by atoms with Gasteiger partial charge in [0.2, 0.25) is 0 Å². The highest BCUT2D eigenvalue weighted by Crippen LogP contribution is 2.24. The van der Waals surface area contributed by atoms with Crippen molar-refractivity contribution in [1.82, 2.24) is 5.32 Å². The molecule has 0 saturated carbocycles. The van der Waals surface area contributed by atoms with Gasteiger partial charge in [-0.2, -0.15) is 0 Å². The summed E-state index contributed by atoms with van der Waals surface area (Å²) in [6.45, 7) is 6.86. The van der Waals surface area contributed by atoms with Crippen LogP contribution in [0.5, 0.6) is 0 Å². The first-order chi connectivity index (χ1) is 9.20. The highest BCUT2D eigenvalue weighted by molar-refractivity contribution is 5.58. The highest BCUT2D eigenvalue weighted by atomic mass is 16.3. The molecule has 0 radical (unpaired) electrons. The van der Waals surface area contributed by atoms with Crippen molar-refractivity contribution < 1.29 is 9.52 Å². The minimum atomic E-state index is -0.440. The lowest BCUT2D eigenvalue weighted by Crippen LogP contribution is -2.11. The third-order valence-electron chi connectivity index (χ3n) is 2.93. The van der Waals surface area contributed by atoms with Crippen molar-refractivity contribution >= 4 is 0 Å². The molecule has 0 aliphatic rings. The first-order valence-electron chi connectivity index (χ1n) is 6.39. The average molecular weight is 257 g/mol. The van der Waals surface area contributed by atoms with Gasteiger partial charge in [-0.05, 0) is 24.6 Å². The summed E-state index contributed by atoms with van der Waals surface area (Å²) in [6.07, 6.45) is 1.38. The Morgan fingerprint density at radius 3 is 2.63 bits per heavy atom. The van der Waals surface area contributed by atoms with Gasteiger partial charge in [0.25, 0.3) is 0 Å². The molecule has 0 aliphatic carbocycles. The summed E-state index contributed by atoms with van der Waals surface area (Å²) in [5.41, 5.74) is 1.92. The van der Waals surface area contributed by atoms with Crippen LogP contribution in [0.25, 0.3) is 11.3 Å². The van der Waals surface area contributed by atoms with E-state index in [9.17, 15) is 5.11 Å². The Kier molecular flexibility index (Phi) is 4.55. The van der Waals surface area contributed by atoms with Gasteiger partial charge in [0.05, 0.1) is 12.6 Å². The normalized spacial score (nSPS) is 12.3. The fourth-order valence-corrected chi connectivity index (χ4v) is 1.85. The van der Waals surface area contributed by atoms with Gasteiger partial charge in [0, 0.05) is 12.1 Å². The molecule has 100 valence electrons. The lowest BCUT2D eigenvalue weighted by atomic mass is 10.1. The van der Waals surface area contributed by atoms with Crippen molar-refractivity contribution in [2.75, 3.05) is 6.54 Å². The molecule has 1 unspecified atom stereocenters. The Balaban J connectivity index is 2.07. The third-order valence-corrected chi connectivity index (χ3v) is 2.93. The van der Waals surface area contributed by atoms with Gasteiger partial charge in [-0.1, -0.05) is 30.3 Å². The summed E-state index contributed by atoms with van der Waals surface area (Å²) in [4.78, 5) is 0. The molecule has 1 atom stereocenters. The third kappa shape index (κ3) is 3.56. The fourth-order valence-electron chi connectivity index (χ4n) is 1.85. The van der Waals surface area contributed by atoms with E-state index in [2.05, 4.69) is 11.9 Å². The van der Waals surface area contributed by atoms with Gasteiger partial charge in [-0.25, -0.2) is 0 Å². The van der Waals surface area contributed by atoms with E-state index in [4.69, 9.17) is 4.42 Å². The van der Waals surface area contributed by atoms with Crippen LogP contribution in [0.3, 0.4) is 0 Å². The number of hydrogen-bond acceptors (Lipinski definition) is 3. The van der Waals surface area contributed by atoms with Crippen LogP contribution in [0, 0.1) is 0 Å². The van der Waals surface area contributed by atoms with E-state index in [1.54, 1.807) is 6.92 Å². The molecule has 2 rings (SSSR count). The minimum Gasteiger partial charge on any atom is -0.460 e. The van der Waals surface area contributed by atoms with E-state index >= 15 is 0 Å². The number of hydrogen-bond donors (Lipinski definition) is 2. The highest BCUT2D eigenvalue weighted by Gasteiger charge is 2.06. The van der Waals surface area contributed by atoms with E-state index in [0.29, 0.717) is 6.54 Å². The maximum Gasteiger partial charge on any atom is 0.134 e. The van der Waals surface area contributed by atoms with Crippen LogP contribution in [-0.2, 0) is 6.54 Å². The van der Waals surface area contributed by atoms with E-state index in [-0.39, 0.29) is 0 Å². The maximum absolute atomic E-state index is 9.47. The van der Waals surface area contributed by atoms with Crippen molar-refractivity contribution in [2.24, 2.45) is 0 Å². The molecule has 19 heavy (non-hydrogen) atoms. The van der Waals surface area contributed by atoms with E-state index in [0.717, 1.165) is 29.2 Å². The summed E-state index contributed by atoms with van der Waals surface area (Å²) in [6, 6.07) is 11.7. The summed E-state index contributed by atoms with van der Waals surface area (Å²) in [5, 5.41) is 12.7. The SMILES string of the molecule is C=CCNCc1ccc(-c2ccc(C(C)O)cc2)o1. The second-order valence-corrected chi connectivity index (χ2v) is 4.48. The van der Waals surface area contributed by atoms with Crippen molar-refractivity contribution in [2.45, 2.75) is 19.6 Å². The molecule has 3 heteroatoms. The molecule has 3 nitrogen and oxygen atoms in total. The lowest BCUT2D eigenvalue weighted by Gasteiger charge is -2.05. The molecule has 0 amide bonds. The Morgan fingerprint density at radius 2 is 2.00 bits per heavy atom. The van der Waals surface area contributed by atoms with Crippen molar-refractivity contribution in [3.8, 4) is 11.3 Å². The molecule has 0 spiro atoms. The first kappa shape index (κ1) is 13.6. The van der Waals surface area contributed by atoms with Gasteiger partial charge >= 0.3 is 0 Å². The molecule has 2 aromatic rings. The Morgan fingerprint density at radius 1 is 1.26 bits per heavy atom. The lowest BCUT2D eigenvalue weighted by molar-refractivity contribution is 0.199. The Hall–Kier alpha value is -1.84. The number of aliphatic hydroxyl groups is 1. The Bertz CT molecular complexity index is 526. The van der Waals surface area contributed by atoms with E-state index in [1.165, 1.54) is 0 Å². The molecule has 0 fully saturated rings. The standard InChI is InChI=1S/C16H19NO2/c1-3-10-17-11-15-8-9-16(19-15)14-6-4-13(5-7-14)12(2)18/h3-9,12,17-18H,1,10-11H2,2H3. The Labute approximate surface area is 113 Å². The summed E-state index contributed by atoms with van der Waals surface area (Å²) < 4.78 is 5.76. The molecule has 0 bridgehead atoms. The zero-order chi connectivity index (χ0) is 13.7. The predicted octanol–water partition coefficient (Wildman–Crippen LogP) is 3.28. The maximum atomic E-state index is 9.47. The zero-order valence-electron chi connectivity index (χ0n) is 11.1. The van der Waals surface area contributed by atoms with Crippen LogP contribution in [0.4, 0.5) is 0 Å². The number of aliphatic hydroxyl groups excluding tert-OH is 1. The second kappa shape index (κ2) is 6.36. The summed E-state index contributed by atoms with van der Waals surface area (Å²) >= 11 is 0. The molecular weight excluding hydrogens is 238 g/mol. The predicted molar refractivity (Wildman–Crippen MR) is 76.7 cm³/mol. The number of rotatable bonds is 6.